The van der Waals surface area contributed by atoms with Crippen molar-refractivity contribution in [2.75, 3.05) is 13.1 Å². The molecule has 0 aliphatic heterocycles. The summed E-state index contributed by atoms with van der Waals surface area (Å²) in [6.07, 6.45) is 3.20. The van der Waals surface area contributed by atoms with Crippen LogP contribution < -0.4 is 5.14 Å². The van der Waals surface area contributed by atoms with Crippen molar-refractivity contribution >= 4 is 15.9 Å². The van der Waals surface area contributed by atoms with Crippen LogP contribution in [0.5, 0.6) is 0 Å². The second-order valence-electron chi connectivity index (χ2n) is 5.06. The molecule has 1 amide bonds. The number of nitrogens with two attached hydrogens (primary N) is 1. The molecule has 1 aromatic rings. The van der Waals surface area contributed by atoms with Crippen LogP contribution in [-0.2, 0) is 17.1 Å². The number of carbonyl (C=O) groups is 1. The molecule has 0 aromatic carbocycles. The molecule has 7 nitrogen and oxygen atoms in total. The molecule has 1 aromatic heterocycles. The number of nitrogens with zero attached hydrogens (tertiary/aromatic N) is 3. The van der Waals surface area contributed by atoms with Gasteiger partial charge in [-0.2, -0.15) is 5.10 Å². The Morgan fingerprint density at radius 3 is 2.38 bits per heavy atom. The summed E-state index contributed by atoms with van der Waals surface area (Å²) < 4.78 is 24.4. The molecule has 21 heavy (non-hydrogen) atoms. The lowest BCUT2D eigenvalue weighted by Crippen LogP contribution is -2.36. The second-order valence-corrected chi connectivity index (χ2v) is 6.54. The van der Waals surface area contributed by atoms with Gasteiger partial charge in [0.2, 0.25) is 0 Å². The summed E-state index contributed by atoms with van der Waals surface area (Å²) in [6, 6.07) is 0. The van der Waals surface area contributed by atoms with Crippen molar-refractivity contribution in [1.82, 2.24) is 14.7 Å². The van der Waals surface area contributed by atoms with Crippen molar-refractivity contribution in [2.45, 2.75) is 38.6 Å². The van der Waals surface area contributed by atoms with Crippen molar-refractivity contribution in [3.63, 3.8) is 0 Å². The predicted octanol–water partition coefficient (Wildman–Crippen LogP) is 0.966. The fourth-order valence-electron chi connectivity index (χ4n) is 2.29. The Balaban J connectivity index is 3.13. The van der Waals surface area contributed by atoms with E-state index in [2.05, 4.69) is 18.9 Å². The van der Waals surface area contributed by atoms with E-state index in [1.165, 1.54) is 13.2 Å². The number of aromatic nitrogens is 2. The van der Waals surface area contributed by atoms with Gasteiger partial charge in [-0.25, -0.2) is 13.6 Å². The first-order valence-corrected chi connectivity index (χ1v) is 8.64. The second kappa shape index (κ2) is 7.04. The minimum atomic E-state index is -3.99. The third kappa shape index (κ3) is 4.04. The van der Waals surface area contributed by atoms with Crippen LogP contribution in [0.3, 0.4) is 0 Å². The van der Waals surface area contributed by atoms with E-state index < -0.39 is 10.0 Å². The van der Waals surface area contributed by atoms with Crippen LogP contribution in [-0.4, -0.2) is 42.1 Å². The monoisotopic (exact) mass is 316 g/mol. The number of amides is 1. The van der Waals surface area contributed by atoms with E-state index in [0.29, 0.717) is 19.0 Å². The van der Waals surface area contributed by atoms with Crippen molar-refractivity contribution in [1.29, 1.82) is 0 Å². The Hall–Kier alpha value is -1.41. The summed E-state index contributed by atoms with van der Waals surface area (Å²) in [7, 11) is -2.54. The minimum absolute atomic E-state index is 0.0350. The summed E-state index contributed by atoms with van der Waals surface area (Å²) in [4.78, 5) is 14.2. The lowest BCUT2D eigenvalue weighted by Gasteiger charge is -2.25. The van der Waals surface area contributed by atoms with Gasteiger partial charge in [-0.15, -0.1) is 0 Å². The Kier molecular flexibility index (Phi) is 5.91. The number of primary sulfonamides is 1. The molecular weight excluding hydrogens is 292 g/mol. The first-order valence-electron chi connectivity index (χ1n) is 7.10. The summed E-state index contributed by atoms with van der Waals surface area (Å²) in [5.41, 5.74) is 0.0350. The zero-order valence-electron chi connectivity index (χ0n) is 13.0. The van der Waals surface area contributed by atoms with E-state index in [1.807, 2.05) is 6.92 Å². The summed E-state index contributed by atoms with van der Waals surface area (Å²) in [5, 5.41) is 8.79. The normalized spacial score (nSPS) is 11.9. The van der Waals surface area contributed by atoms with Crippen LogP contribution in [0.4, 0.5) is 0 Å². The van der Waals surface area contributed by atoms with Gasteiger partial charge in [0.1, 0.15) is 0 Å². The molecule has 0 aliphatic carbocycles. The van der Waals surface area contributed by atoms with Crippen molar-refractivity contribution < 1.29 is 13.2 Å². The maximum atomic E-state index is 12.6. The fourth-order valence-corrected chi connectivity index (χ4v) is 3.16. The van der Waals surface area contributed by atoms with Crippen molar-refractivity contribution in [2.24, 2.45) is 18.1 Å². The first-order chi connectivity index (χ1) is 9.76. The van der Waals surface area contributed by atoms with Gasteiger partial charge in [-0.05, 0) is 12.8 Å². The highest BCUT2D eigenvalue weighted by Gasteiger charge is 2.27. The molecule has 8 heteroatoms. The van der Waals surface area contributed by atoms with Gasteiger partial charge < -0.3 is 4.90 Å². The summed E-state index contributed by atoms with van der Waals surface area (Å²) in [5.74, 6) is 0.0463. The average Bonchev–Trinajstić information content (AvgIpc) is 2.81. The number of rotatable bonds is 7. The number of sulfonamides is 1. The van der Waals surface area contributed by atoms with Crippen LogP contribution in [0.25, 0.3) is 0 Å². The van der Waals surface area contributed by atoms with Crippen molar-refractivity contribution in [3.8, 4) is 0 Å². The van der Waals surface area contributed by atoms with E-state index >= 15 is 0 Å². The first kappa shape index (κ1) is 17.6. The maximum Gasteiger partial charge on any atom is 0.258 e. The van der Waals surface area contributed by atoms with Gasteiger partial charge in [0.15, 0.2) is 5.03 Å². The molecule has 0 radical (unpaired) electrons. The Morgan fingerprint density at radius 1 is 1.38 bits per heavy atom. The number of hydrogen-bond donors (Lipinski definition) is 1. The molecule has 1 rings (SSSR count). The van der Waals surface area contributed by atoms with E-state index in [4.69, 9.17) is 5.14 Å². The number of carbonyl (C=O) groups excluding carboxylic acids is 1. The van der Waals surface area contributed by atoms with Gasteiger partial charge in [-0.1, -0.05) is 26.7 Å². The van der Waals surface area contributed by atoms with E-state index in [-0.39, 0.29) is 16.5 Å². The number of hydrogen-bond acceptors (Lipinski definition) is 4. The predicted molar refractivity (Wildman–Crippen MR) is 80.2 cm³/mol. The topological polar surface area (TPSA) is 98.3 Å². The quantitative estimate of drug-likeness (QED) is 0.810. The van der Waals surface area contributed by atoms with Crippen molar-refractivity contribution in [3.05, 3.63) is 11.8 Å². The molecule has 0 saturated heterocycles. The van der Waals surface area contributed by atoms with Gasteiger partial charge in [0.05, 0.1) is 11.8 Å². The largest absolute Gasteiger partial charge is 0.339 e. The highest BCUT2D eigenvalue weighted by molar-refractivity contribution is 7.89. The van der Waals surface area contributed by atoms with E-state index in [1.54, 1.807) is 4.90 Å². The Labute approximate surface area is 126 Å². The average molecular weight is 316 g/mol. The maximum absolute atomic E-state index is 12.6. The van der Waals surface area contributed by atoms with Gasteiger partial charge in [0.25, 0.3) is 15.9 Å². The molecule has 120 valence electrons. The third-order valence-electron chi connectivity index (χ3n) is 3.69. The zero-order valence-corrected chi connectivity index (χ0v) is 13.9. The van der Waals surface area contributed by atoms with Gasteiger partial charge in [0, 0.05) is 20.1 Å². The summed E-state index contributed by atoms with van der Waals surface area (Å²) >= 11 is 0. The SMILES string of the molecule is CCC(CC)CN(CC)C(=O)c1cnn(C)c1S(N)(=O)=O. The molecule has 0 aliphatic rings. The Bertz CT molecular complexity index is 591. The van der Waals surface area contributed by atoms with E-state index in [9.17, 15) is 13.2 Å². The van der Waals surface area contributed by atoms with Crippen LogP contribution in [0.15, 0.2) is 11.2 Å². The van der Waals surface area contributed by atoms with Gasteiger partial charge >= 0.3 is 0 Å². The Morgan fingerprint density at radius 2 is 1.95 bits per heavy atom. The minimum Gasteiger partial charge on any atom is -0.339 e. The molecule has 0 spiro atoms. The molecule has 0 bridgehead atoms. The fraction of sp³-hybridized carbons (Fsp3) is 0.692. The van der Waals surface area contributed by atoms with Crippen LogP contribution in [0.1, 0.15) is 44.0 Å². The lowest BCUT2D eigenvalue weighted by atomic mass is 10.0. The molecule has 0 fully saturated rings. The van der Waals surface area contributed by atoms with Crippen LogP contribution in [0.2, 0.25) is 0 Å². The molecule has 0 atom stereocenters. The van der Waals surface area contributed by atoms with Crippen LogP contribution >= 0.6 is 0 Å². The zero-order chi connectivity index (χ0) is 16.2. The molecule has 2 N–H and O–H groups in total. The van der Waals surface area contributed by atoms with Gasteiger partial charge in [-0.3, -0.25) is 9.48 Å². The molecule has 0 unspecified atom stereocenters. The molecule has 0 saturated carbocycles. The third-order valence-corrected chi connectivity index (χ3v) is 4.71. The van der Waals surface area contributed by atoms with Crippen LogP contribution in [0, 0.1) is 5.92 Å². The highest BCUT2D eigenvalue weighted by Crippen LogP contribution is 2.17. The lowest BCUT2D eigenvalue weighted by molar-refractivity contribution is 0.0730. The standard InChI is InChI=1S/C13H24N4O3S/c1-5-10(6-2)9-17(7-3)12(18)11-8-15-16(4)13(11)21(14,19)20/h8,10H,5-7,9H2,1-4H3,(H2,14,19,20). The smallest absolute Gasteiger partial charge is 0.258 e. The summed E-state index contributed by atoms with van der Waals surface area (Å²) in [6.45, 7) is 7.13. The van der Waals surface area contributed by atoms with E-state index in [0.717, 1.165) is 17.5 Å². The number of aryl methyl sites for hydroxylation is 1. The highest BCUT2D eigenvalue weighted by atomic mass is 32.2. The molecule has 1 heterocycles. The molecular formula is C13H24N4O3S.